The molecule has 26 heavy (non-hydrogen) atoms. The lowest BCUT2D eigenvalue weighted by molar-refractivity contribution is -0.121. The summed E-state index contributed by atoms with van der Waals surface area (Å²) in [7, 11) is 1.50. The number of hydrogen-bond donors (Lipinski definition) is 2. The molecule has 3 rings (SSSR count). The van der Waals surface area contributed by atoms with Crippen LogP contribution in [0.2, 0.25) is 0 Å². The summed E-state index contributed by atoms with van der Waals surface area (Å²) in [6.07, 6.45) is 0.435. The summed E-state index contributed by atoms with van der Waals surface area (Å²) in [5.74, 6) is 0.506. The maximum Gasteiger partial charge on any atom is 0.240 e. The van der Waals surface area contributed by atoms with Crippen LogP contribution in [-0.4, -0.2) is 23.8 Å². The Balaban J connectivity index is 1.68. The van der Waals surface area contributed by atoms with Crippen LogP contribution in [0.3, 0.4) is 0 Å². The van der Waals surface area contributed by atoms with Crippen LogP contribution in [-0.2, 0) is 11.3 Å². The highest BCUT2D eigenvalue weighted by Gasteiger charge is 2.21. The fourth-order valence-corrected chi connectivity index (χ4v) is 2.75. The Bertz CT molecular complexity index is 860. The monoisotopic (exact) mass is 352 g/mol. The minimum absolute atomic E-state index is 0.0625. The van der Waals surface area contributed by atoms with Gasteiger partial charge < -0.3 is 9.84 Å². The largest absolute Gasteiger partial charge is 0.504 e. The van der Waals surface area contributed by atoms with Crippen LogP contribution >= 0.6 is 0 Å². The lowest BCUT2D eigenvalue weighted by Gasteiger charge is -2.19. The minimum Gasteiger partial charge on any atom is -0.504 e. The molecule has 0 spiro atoms. The number of para-hydroxylation sites is 1. The molecule has 7 nitrogen and oxygen atoms in total. The normalized spacial score (nSPS) is 17.1. The van der Waals surface area contributed by atoms with Crippen LogP contribution in [0.1, 0.15) is 24.5 Å². The van der Waals surface area contributed by atoms with Crippen molar-refractivity contribution in [3.8, 4) is 11.5 Å². The first-order chi connectivity index (χ1) is 12.6. The molecule has 0 aromatic heterocycles. The summed E-state index contributed by atoms with van der Waals surface area (Å²) >= 11 is 0. The Hall–Kier alpha value is -3.22. The molecule has 0 radical (unpaired) electrons. The van der Waals surface area contributed by atoms with Crippen molar-refractivity contribution in [3.63, 3.8) is 0 Å². The Morgan fingerprint density at radius 2 is 2.04 bits per heavy atom. The quantitative estimate of drug-likeness (QED) is 0.806. The molecule has 1 heterocycles. The van der Waals surface area contributed by atoms with E-state index in [9.17, 15) is 9.90 Å². The molecular formula is C19H20N4O3. The third kappa shape index (κ3) is 3.88. The maximum absolute atomic E-state index is 11.3. The highest BCUT2D eigenvalue weighted by atomic mass is 16.5. The molecule has 1 aliphatic heterocycles. The molecule has 1 atom stereocenters. The Morgan fingerprint density at radius 3 is 2.73 bits per heavy atom. The van der Waals surface area contributed by atoms with Crippen molar-refractivity contribution < 1.29 is 14.6 Å². The van der Waals surface area contributed by atoms with E-state index in [1.807, 2.05) is 31.2 Å². The van der Waals surface area contributed by atoms with Crippen molar-refractivity contribution in [2.24, 2.45) is 21.2 Å². The van der Waals surface area contributed by atoms with Gasteiger partial charge in [-0.25, -0.2) is 5.43 Å². The molecular weight excluding hydrogens is 332 g/mol. The molecule has 0 bridgehead atoms. The number of hydrogen-bond acceptors (Lipinski definition) is 6. The van der Waals surface area contributed by atoms with E-state index < -0.39 is 0 Å². The van der Waals surface area contributed by atoms with Gasteiger partial charge in [0.25, 0.3) is 0 Å². The van der Waals surface area contributed by atoms with Gasteiger partial charge >= 0.3 is 0 Å². The number of nitrogens with one attached hydrogen (secondary N) is 1. The van der Waals surface area contributed by atoms with Gasteiger partial charge in [0.1, 0.15) is 0 Å². The van der Waals surface area contributed by atoms with Crippen molar-refractivity contribution in [1.82, 2.24) is 5.43 Å². The van der Waals surface area contributed by atoms with Crippen molar-refractivity contribution in [2.45, 2.75) is 19.9 Å². The molecule has 7 heteroatoms. The molecule has 134 valence electrons. The van der Waals surface area contributed by atoms with Crippen LogP contribution in [0.5, 0.6) is 11.5 Å². The molecule has 2 aromatic carbocycles. The third-order valence-corrected chi connectivity index (χ3v) is 4.15. The molecule has 1 aliphatic rings. The van der Waals surface area contributed by atoms with Gasteiger partial charge in [-0.05, 0) is 23.8 Å². The average molecular weight is 352 g/mol. The van der Waals surface area contributed by atoms with E-state index in [0.717, 1.165) is 11.3 Å². The van der Waals surface area contributed by atoms with Gasteiger partial charge in [0.2, 0.25) is 5.91 Å². The van der Waals surface area contributed by atoms with E-state index in [2.05, 4.69) is 20.8 Å². The predicted molar refractivity (Wildman–Crippen MR) is 97.8 cm³/mol. The summed E-state index contributed by atoms with van der Waals surface area (Å²) in [6, 6.07) is 12.8. The Morgan fingerprint density at radius 1 is 1.27 bits per heavy atom. The number of aromatic hydroxyl groups is 1. The summed E-state index contributed by atoms with van der Waals surface area (Å²) < 4.78 is 5.08. The molecule has 0 saturated heterocycles. The summed E-state index contributed by atoms with van der Waals surface area (Å²) in [5.41, 5.74) is 5.66. The van der Waals surface area contributed by atoms with E-state index in [-0.39, 0.29) is 24.1 Å². The number of methoxy groups -OCH3 is 1. The molecule has 0 aliphatic carbocycles. The topological polar surface area (TPSA) is 95.6 Å². The second-order valence-corrected chi connectivity index (χ2v) is 6.05. The summed E-state index contributed by atoms with van der Waals surface area (Å²) in [6.45, 7) is 2.23. The lowest BCUT2D eigenvalue weighted by Crippen LogP contribution is -2.31. The average Bonchev–Trinajstić information content (AvgIpc) is 2.64. The van der Waals surface area contributed by atoms with Crippen LogP contribution in [0, 0.1) is 5.92 Å². The number of nitrogens with zero attached hydrogens (tertiary/aromatic N) is 3. The molecule has 1 unspecified atom stereocenters. The maximum atomic E-state index is 11.3. The molecule has 2 aromatic rings. The van der Waals surface area contributed by atoms with Crippen LogP contribution in [0.4, 0.5) is 5.69 Å². The van der Waals surface area contributed by atoms with Crippen LogP contribution in [0.25, 0.3) is 0 Å². The van der Waals surface area contributed by atoms with E-state index in [1.54, 1.807) is 18.2 Å². The standard InChI is InChI=1S/C19H20N4O3/c1-12-10-17(24)22-23-18(12)13-6-8-15(9-7-13)21-20-11-14-4-3-5-16(26-2)19(14)25/h3-9,12,25H,10-11H2,1-2H3,(H,22,24). The number of azo groups is 1. The van der Waals surface area contributed by atoms with Crippen molar-refractivity contribution in [3.05, 3.63) is 53.6 Å². The van der Waals surface area contributed by atoms with Gasteiger partial charge in [0.15, 0.2) is 11.5 Å². The number of phenols is 1. The number of phenolic OH excluding ortho intramolecular Hbond substituents is 1. The number of ether oxygens (including phenoxy) is 1. The van der Waals surface area contributed by atoms with Crippen LogP contribution < -0.4 is 10.2 Å². The summed E-state index contributed by atoms with van der Waals surface area (Å²) in [5, 5.41) is 22.5. The SMILES string of the molecule is COc1cccc(CN=Nc2ccc(C3=NNC(=O)CC3C)cc2)c1O. The number of rotatable bonds is 5. The highest BCUT2D eigenvalue weighted by molar-refractivity contribution is 6.05. The molecule has 0 fully saturated rings. The van der Waals surface area contributed by atoms with Crippen LogP contribution in [0.15, 0.2) is 57.8 Å². The first kappa shape index (κ1) is 17.6. The molecule has 1 amide bonds. The van der Waals surface area contributed by atoms with Gasteiger partial charge in [-0.1, -0.05) is 31.2 Å². The molecule has 0 saturated carbocycles. The minimum atomic E-state index is -0.0625. The first-order valence-electron chi connectivity index (χ1n) is 8.27. The Labute approximate surface area is 151 Å². The first-order valence-corrected chi connectivity index (χ1v) is 8.27. The fraction of sp³-hybridized carbons (Fsp3) is 0.263. The Kier molecular flexibility index (Phi) is 5.26. The van der Waals surface area contributed by atoms with Gasteiger partial charge in [-0.15, -0.1) is 0 Å². The zero-order valence-corrected chi connectivity index (χ0v) is 14.6. The number of hydrazone groups is 1. The number of carbonyl (C=O) groups excluding carboxylic acids is 1. The fourth-order valence-electron chi connectivity index (χ4n) is 2.75. The van der Waals surface area contributed by atoms with E-state index >= 15 is 0 Å². The van der Waals surface area contributed by atoms with E-state index in [0.29, 0.717) is 23.4 Å². The highest BCUT2D eigenvalue weighted by Crippen LogP contribution is 2.30. The zero-order valence-electron chi connectivity index (χ0n) is 14.6. The van der Waals surface area contributed by atoms with Gasteiger partial charge in [-0.2, -0.15) is 15.3 Å². The van der Waals surface area contributed by atoms with Gasteiger partial charge in [-0.3, -0.25) is 4.79 Å². The summed E-state index contributed by atoms with van der Waals surface area (Å²) in [4.78, 5) is 11.3. The number of carbonyl (C=O) groups is 1. The van der Waals surface area contributed by atoms with E-state index in [1.165, 1.54) is 7.11 Å². The smallest absolute Gasteiger partial charge is 0.240 e. The van der Waals surface area contributed by atoms with Crippen molar-refractivity contribution in [1.29, 1.82) is 0 Å². The number of amides is 1. The zero-order chi connectivity index (χ0) is 18.5. The van der Waals surface area contributed by atoms with E-state index in [4.69, 9.17) is 4.74 Å². The molecule has 2 N–H and O–H groups in total. The predicted octanol–water partition coefficient (Wildman–Crippen LogP) is 3.54. The van der Waals surface area contributed by atoms with Crippen molar-refractivity contribution in [2.75, 3.05) is 7.11 Å². The number of benzene rings is 2. The second kappa shape index (κ2) is 7.77. The lowest BCUT2D eigenvalue weighted by atomic mass is 9.94. The second-order valence-electron chi connectivity index (χ2n) is 6.05. The third-order valence-electron chi connectivity index (χ3n) is 4.15. The van der Waals surface area contributed by atoms with Gasteiger partial charge in [0, 0.05) is 17.9 Å². The van der Waals surface area contributed by atoms with Gasteiger partial charge in [0.05, 0.1) is 25.1 Å². The van der Waals surface area contributed by atoms with Crippen molar-refractivity contribution >= 4 is 17.3 Å².